The summed E-state index contributed by atoms with van der Waals surface area (Å²) in [6, 6.07) is 16.8. The third-order valence-corrected chi connectivity index (χ3v) is 4.52. The van der Waals surface area contributed by atoms with E-state index in [1.165, 1.54) is 0 Å². The highest BCUT2D eigenvalue weighted by atomic mass is 32.2. The summed E-state index contributed by atoms with van der Waals surface area (Å²) < 4.78 is 11.1. The Morgan fingerprint density at radius 3 is 2.54 bits per heavy atom. The van der Waals surface area contributed by atoms with Crippen LogP contribution in [0.4, 0.5) is 0 Å². The summed E-state index contributed by atoms with van der Waals surface area (Å²) in [6.07, 6.45) is 1.92. The molecule has 124 valence electrons. The smallest absolute Gasteiger partial charge is 0.277 e. The Bertz CT molecular complexity index is 685. The zero-order valence-electron chi connectivity index (χ0n) is 13.1. The number of hydrogen-bond acceptors (Lipinski definition) is 5. The summed E-state index contributed by atoms with van der Waals surface area (Å²) in [5.74, 6) is 3.31. The molecule has 0 unspecified atom stereocenters. The third kappa shape index (κ3) is 5.03. The second-order valence-electron chi connectivity index (χ2n) is 5.24. The molecule has 1 heterocycles. The molecule has 0 bridgehead atoms. The van der Waals surface area contributed by atoms with E-state index in [-0.39, 0.29) is 12.5 Å². The fraction of sp³-hybridized carbons (Fsp3) is 0.222. The Hall–Kier alpha value is -2.47. The van der Waals surface area contributed by atoms with Gasteiger partial charge < -0.3 is 9.47 Å². The largest absolute Gasteiger partial charge is 0.489 e. The summed E-state index contributed by atoms with van der Waals surface area (Å²) in [6.45, 7) is -0.0759. The number of nitrogens with zero attached hydrogens (tertiary/aromatic N) is 1. The number of ether oxygens (including phenoxy) is 2. The van der Waals surface area contributed by atoms with Gasteiger partial charge in [-0.15, -0.1) is 0 Å². The average molecular weight is 342 g/mol. The molecule has 0 radical (unpaired) electrons. The van der Waals surface area contributed by atoms with Crippen LogP contribution in [0.2, 0.25) is 0 Å². The molecule has 3 rings (SSSR count). The Labute approximate surface area is 145 Å². The predicted octanol–water partition coefficient (Wildman–Crippen LogP) is 2.71. The lowest BCUT2D eigenvalue weighted by Gasteiger charge is -2.25. The van der Waals surface area contributed by atoms with E-state index in [0.717, 1.165) is 22.8 Å². The number of carbonyl (C=O) groups excluding carboxylic acids is 1. The van der Waals surface area contributed by atoms with E-state index >= 15 is 0 Å². The molecule has 2 aromatic carbocycles. The standard InChI is InChI=1S/C18H18N2O3S/c21-18(11-22-15-4-2-1-3-5-15)20-19-10-14-6-8-16(9-7-14)23-17-12-24-13-17/h1-10,17H,11-13H2,(H,20,21)/b19-10+. The molecule has 1 amide bonds. The van der Waals surface area contributed by atoms with Crippen LogP contribution in [-0.2, 0) is 4.79 Å². The van der Waals surface area contributed by atoms with Crippen LogP contribution in [0.3, 0.4) is 0 Å². The minimum atomic E-state index is -0.308. The third-order valence-electron chi connectivity index (χ3n) is 3.31. The van der Waals surface area contributed by atoms with Gasteiger partial charge in [0.25, 0.3) is 5.91 Å². The van der Waals surface area contributed by atoms with Gasteiger partial charge in [0.05, 0.1) is 6.21 Å². The predicted molar refractivity (Wildman–Crippen MR) is 95.9 cm³/mol. The number of amides is 1. The topological polar surface area (TPSA) is 59.9 Å². The lowest BCUT2D eigenvalue weighted by atomic mass is 10.2. The summed E-state index contributed by atoms with van der Waals surface area (Å²) >= 11 is 1.89. The van der Waals surface area contributed by atoms with Crippen molar-refractivity contribution in [3.8, 4) is 11.5 Å². The van der Waals surface area contributed by atoms with E-state index in [4.69, 9.17) is 9.47 Å². The zero-order valence-corrected chi connectivity index (χ0v) is 13.9. The maximum absolute atomic E-state index is 11.6. The molecule has 2 aromatic rings. The van der Waals surface area contributed by atoms with Crippen molar-refractivity contribution in [2.45, 2.75) is 6.10 Å². The van der Waals surface area contributed by atoms with Gasteiger partial charge in [0, 0.05) is 11.5 Å². The van der Waals surface area contributed by atoms with E-state index in [1.54, 1.807) is 18.3 Å². The number of rotatable bonds is 7. The second kappa shape index (κ2) is 8.40. The van der Waals surface area contributed by atoms with Crippen LogP contribution < -0.4 is 14.9 Å². The van der Waals surface area contributed by atoms with Crippen LogP contribution in [0.5, 0.6) is 11.5 Å². The molecule has 0 spiro atoms. The molecule has 0 atom stereocenters. The van der Waals surface area contributed by atoms with Crippen molar-refractivity contribution in [1.29, 1.82) is 0 Å². The van der Waals surface area contributed by atoms with Crippen molar-refractivity contribution in [2.24, 2.45) is 5.10 Å². The molecule has 1 aliphatic heterocycles. The van der Waals surface area contributed by atoms with E-state index in [0.29, 0.717) is 11.9 Å². The number of nitrogens with one attached hydrogen (secondary N) is 1. The molecule has 1 saturated heterocycles. The maximum atomic E-state index is 11.6. The van der Waals surface area contributed by atoms with Gasteiger partial charge in [0.1, 0.15) is 17.6 Å². The average Bonchev–Trinajstić information content (AvgIpc) is 2.58. The van der Waals surface area contributed by atoms with Crippen LogP contribution in [0.25, 0.3) is 0 Å². The molecule has 5 nitrogen and oxygen atoms in total. The van der Waals surface area contributed by atoms with E-state index in [9.17, 15) is 4.79 Å². The second-order valence-corrected chi connectivity index (χ2v) is 6.32. The molecule has 1 aliphatic rings. The molecule has 0 aliphatic carbocycles. The fourth-order valence-corrected chi connectivity index (χ4v) is 2.55. The lowest BCUT2D eigenvalue weighted by molar-refractivity contribution is -0.123. The number of para-hydroxylation sites is 1. The van der Waals surface area contributed by atoms with Gasteiger partial charge in [-0.2, -0.15) is 16.9 Å². The maximum Gasteiger partial charge on any atom is 0.277 e. The van der Waals surface area contributed by atoms with Gasteiger partial charge in [0.15, 0.2) is 6.61 Å². The van der Waals surface area contributed by atoms with Gasteiger partial charge >= 0.3 is 0 Å². The van der Waals surface area contributed by atoms with Crippen LogP contribution >= 0.6 is 11.8 Å². The Morgan fingerprint density at radius 2 is 1.88 bits per heavy atom. The Morgan fingerprint density at radius 1 is 1.12 bits per heavy atom. The number of hydrogen-bond donors (Lipinski definition) is 1. The molecule has 6 heteroatoms. The normalized spacial score (nSPS) is 14.2. The minimum absolute atomic E-state index is 0.0759. The van der Waals surface area contributed by atoms with Crippen molar-refractivity contribution in [3.63, 3.8) is 0 Å². The number of carbonyl (C=O) groups is 1. The monoisotopic (exact) mass is 342 g/mol. The van der Waals surface area contributed by atoms with Crippen molar-refractivity contribution in [2.75, 3.05) is 18.1 Å². The highest BCUT2D eigenvalue weighted by Crippen LogP contribution is 2.23. The first-order valence-corrected chi connectivity index (χ1v) is 8.79. The quantitative estimate of drug-likeness (QED) is 0.621. The van der Waals surface area contributed by atoms with Crippen molar-refractivity contribution in [3.05, 3.63) is 60.2 Å². The SMILES string of the molecule is O=C(COc1ccccc1)N/N=C/c1ccc(OC2CSC2)cc1. The summed E-state index contributed by atoms with van der Waals surface area (Å²) in [5.41, 5.74) is 3.32. The first kappa shape index (κ1) is 16.4. The molecule has 1 fully saturated rings. The van der Waals surface area contributed by atoms with Crippen molar-refractivity contribution >= 4 is 23.9 Å². The summed E-state index contributed by atoms with van der Waals surface area (Å²) in [5, 5.41) is 3.92. The number of hydrazone groups is 1. The Balaban J connectivity index is 1.41. The van der Waals surface area contributed by atoms with Crippen molar-refractivity contribution < 1.29 is 14.3 Å². The molecule has 0 aromatic heterocycles. The molecule has 0 saturated carbocycles. The van der Waals surface area contributed by atoms with E-state index in [2.05, 4.69) is 10.5 Å². The van der Waals surface area contributed by atoms with Gasteiger partial charge in [-0.05, 0) is 42.0 Å². The van der Waals surface area contributed by atoms with Crippen LogP contribution in [0, 0.1) is 0 Å². The fourth-order valence-electron chi connectivity index (χ4n) is 1.98. The molecule has 24 heavy (non-hydrogen) atoms. The molecule has 1 N–H and O–H groups in total. The highest BCUT2D eigenvalue weighted by Gasteiger charge is 2.19. The highest BCUT2D eigenvalue weighted by molar-refractivity contribution is 8.00. The first-order valence-electron chi connectivity index (χ1n) is 7.64. The van der Waals surface area contributed by atoms with E-state index in [1.807, 2.05) is 54.2 Å². The van der Waals surface area contributed by atoms with Gasteiger partial charge in [0.2, 0.25) is 0 Å². The van der Waals surface area contributed by atoms with Crippen molar-refractivity contribution in [1.82, 2.24) is 5.43 Å². The molecular weight excluding hydrogens is 324 g/mol. The minimum Gasteiger partial charge on any atom is -0.489 e. The Kier molecular flexibility index (Phi) is 5.74. The van der Waals surface area contributed by atoms with Crippen LogP contribution in [0.1, 0.15) is 5.56 Å². The van der Waals surface area contributed by atoms with Gasteiger partial charge in [-0.25, -0.2) is 5.43 Å². The van der Waals surface area contributed by atoms with E-state index < -0.39 is 0 Å². The van der Waals surface area contributed by atoms with Crippen LogP contribution in [0.15, 0.2) is 59.7 Å². The summed E-state index contributed by atoms with van der Waals surface area (Å²) in [7, 11) is 0. The lowest BCUT2D eigenvalue weighted by Crippen LogP contribution is -2.30. The first-order chi connectivity index (χ1) is 11.8. The number of thioether (sulfide) groups is 1. The zero-order chi connectivity index (χ0) is 16.6. The summed E-state index contributed by atoms with van der Waals surface area (Å²) in [4.78, 5) is 11.6. The van der Waals surface area contributed by atoms with Crippen LogP contribution in [-0.4, -0.2) is 36.3 Å². The van der Waals surface area contributed by atoms with Gasteiger partial charge in [-0.3, -0.25) is 4.79 Å². The van der Waals surface area contributed by atoms with Gasteiger partial charge in [-0.1, -0.05) is 18.2 Å². The number of benzene rings is 2. The molecular formula is C18H18N2O3S.